The third-order valence-corrected chi connectivity index (χ3v) is 5.47. The van der Waals surface area contributed by atoms with Gasteiger partial charge in [0.05, 0.1) is 22.3 Å². The quantitative estimate of drug-likeness (QED) is 0.579. The number of hydrogen-bond acceptors (Lipinski definition) is 5. The SMILES string of the molecule is CCC(=O)c1c(C(C)=O)c2ccc(C(=O)O)cc2n1Cc1cc2c(cc1Cl)OCO2. The highest BCUT2D eigenvalue weighted by atomic mass is 35.5. The van der Waals surface area contributed by atoms with E-state index >= 15 is 0 Å². The van der Waals surface area contributed by atoms with Crippen LogP contribution >= 0.6 is 11.6 Å². The molecule has 0 spiro atoms. The van der Waals surface area contributed by atoms with E-state index in [-0.39, 0.29) is 48.1 Å². The maximum atomic E-state index is 12.8. The molecule has 0 unspecified atom stereocenters. The number of nitrogens with zero attached hydrogens (tertiary/aromatic N) is 1. The maximum absolute atomic E-state index is 12.8. The highest BCUT2D eigenvalue weighted by Crippen LogP contribution is 2.38. The van der Waals surface area contributed by atoms with Crippen LogP contribution in [0.1, 0.15) is 57.0 Å². The average molecular weight is 428 g/mol. The monoisotopic (exact) mass is 427 g/mol. The molecule has 4 rings (SSSR count). The Bertz CT molecular complexity index is 1230. The Kier molecular flexibility index (Phi) is 4.99. The molecule has 7 nitrogen and oxygen atoms in total. The Hall–Kier alpha value is -3.32. The molecule has 0 saturated heterocycles. The van der Waals surface area contributed by atoms with E-state index < -0.39 is 5.97 Å². The molecule has 0 atom stereocenters. The van der Waals surface area contributed by atoms with Crippen molar-refractivity contribution < 1.29 is 29.0 Å². The number of ether oxygens (including phenoxy) is 2. The Morgan fingerprint density at radius 2 is 1.83 bits per heavy atom. The third kappa shape index (κ3) is 3.21. The molecule has 0 fully saturated rings. The first kappa shape index (κ1) is 20.0. The largest absolute Gasteiger partial charge is 0.478 e. The van der Waals surface area contributed by atoms with E-state index in [9.17, 15) is 19.5 Å². The molecule has 0 aliphatic carbocycles. The Labute approximate surface area is 176 Å². The van der Waals surface area contributed by atoms with Crippen LogP contribution in [-0.4, -0.2) is 34.0 Å². The Morgan fingerprint density at radius 3 is 2.47 bits per heavy atom. The van der Waals surface area contributed by atoms with Gasteiger partial charge in [0.15, 0.2) is 23.1 Å². The van der Waals surface area contributed by atoms with E-state index in [0.29, 0.717) is 33.0 Å². The number of carboxylic acids is 1. The lowest BCUT2D eigenvalue weighted by molar-refractivity contribution is 0.0696. The van der Waals surface area contributed by atoms with Crippen molar-refractivity contribution in [1.82, 2.24) is 4.57 Å². The van der Waals surface area contributed by atoms with Gasteiger partial charge < -0.3 is 19.1 Å². The number of aromatic nitrogens is 1. The van der Waals surface area contributed by atoms with Crippen molar-refractivity contribution in [3.63, 3.8) is 0 Å². The second kappa shape index (κ2) is 7.50. The number of rotatable bonds is 6. The number of carbonyl (C=O) groups is 3. The van der Waals surface area contributed by atoms with Crippen molar-refractivity contribution in [2.45, 2.75) is 26.8 Å². The fourth-order valence-electron chi connectivity index (χ4n) is 3.71. The summed E-state index contributed by atoms with van der Waals surface area (Å²) in [5, 5.41) is 10.4. The van der Waals surface area contributed by atoms with Gasteiger partial charge in [-0.15, -0.1) is 0 Å². The topological polar surface area (TPSA) is 94.8 Å². The normalized spacial score (nSPS) is 12.4. The van der Waals surface area contributed by atoms with Gasteiger partial charge in [-0.2, -0.15) is 0 Å². The molecule has 1 aliphatic rings. The minimum absolute atomic E-state index is 0.0589. The predicted molar refractivity (Wildman–Crippen MR) is 110 cm³/mol. The second-order valence-corrected chi connectivity index (χ2v) is 7.38. The van der Waals surface area contributed by atoms with Crippen LogP contribution in [0.25, 0.3) is 10.9 Å². The zero-order chi connectivity index (χ0) is 21.6. The zero-order valence-electron chi connectivity index (χ0n) is 16.3. The highest BCUT2D eigenvalue weighted by Gasteiger charge is 2.26. The van der Waals surface area contributed by atoms with E-state index in [1.807, 2.05) is 0 Å². The summed E-state index contributed by atoms with van der Waals surface area (Å²) in [7, 11) is 0. The molecular formula is C22H18ClNO6. The molecule has 0 bridgehead atoms. The molecule has 0 amide bonds. The Balaban J connectivity index is 1.99. The summed E-state index contributed by atoms with van der Waals surface area (Å²) in [5.74, 6) is -0.519. The number of fused-ring (bicyclic) bond motifs is 2. The van der Waals surface area contributed by atoms with Gasteiger partial charge in [0.2, 0.25) is 6.79 Å². The van der Waals surface area contributed by atoms with Gasteiger partial charge in [0.1, 0.15) is 0 Å². The summed E-state index contributed by atoms with van der Waals surface area (Å²) in [6.45, 7) is 3.36. The third-order valence-electron chi connectivity index (χ3n) is 5.12. The van der Waals surface area contributed by atoms with Gasteiger partial charge in [-0.3, -0.25) is 9.59 Å². The number of hydrogen-bond donors (Lipinski definition) is 1. The molecule has 0 radical (unpaired) electrons. The first-order valence-electron chi connectivity index (χ1n) is 9.33. The molecule has 1 aliphatic heterocycles. The minimum Gasteiger partial charge on any atom is -0.478 e. The minimum atomic E-state index is -1.10. The standard InChI is InChI=1S/C22H18ClNO6/c1-3-17(26)21-20(11(2)25)14-5-4-12(22(27)28)6-16(14)24(21)9-13-7-18-19(8-15(13)23)30-10-29-18/h4-8H,3,9-10H2,1-2H3,(H,27,28). The lowest BCUT2D eigenvalue weighted by Gasteiger charge is -2.13. The number of ketones is 2. The van der Waals surface area contributed by atoms with Crippen molar-refractivity contribution in [1.29, 1.82) is 0 Å². The van der Waals surface area contributed by atoms with Crippen molar-refractivity contribution in [3.8, 4) is 11.5 Å². The van der Waals surface area contributed by atoms with Gasteiger partial charge in [-0.1, -0.05) is 24.6 Å². The summed E-state index contributed by atoms with van der Waals surface area (Å²) < 4.78 is 12.4. The van der Waals surface area contributed by atoms with Crippen LogP contribution in [0.15, 0.2) is 30.3 Å². The zero-order valence-corrected chi connectivity index (χ0v) is 17.1. The van der Waals surface area contributed by atoms with Crippen LogP contribution in [0.4, 0.5) is 0 Å². The van der Waals surface area contributed by atoms with Gasteiger partial charge >= 0.3 is 5.97 Å². The molecular weight excluding hydrogens is 410 g/mol. The molecule has 2 heterocycles. The predicted octanol–water partition coefficient (Wildman–Crippen LogP) is 4.57. The van der Waals surface area contributed by atoms with Gasteiger partial charge in [0, 0.05) is 29.4 Å². The lowest BCUT2D eigenvalue weighted by atomic mass is 10.0. The smallest absolute Gasteiger partial charge is 0.335 e. The van der Waals surface area contributed by atoms with E-state index in [1.54, 1.807) is 29.7 Å². The van der Waals surface area contributed by atoms with Crippen LogP contribution in [0.2, 0.25) is 5.02 Å². The van der Waals surface area contributed by atoms with E-state index in [1.165, 1.54) is 19.1 Å². The first-order chi connectivity index (χ1) is 14.3. The lowest BCUT2D eigenvalue weighted by Crippen LogP contribution is -2.13. The maximum Gasteiger partial charge on any atom is 0.335 e. The van der Waals surface area contributed by atoms with Crippen LogP contribution in [0.3, 0.4) is 0 Å². The molecule has 8 heteroatoms. The van der Waals surface area contributed by atoms with Gasteiger partial charge in [-0.25, -0.2) is 4.79 Å². The Morgan fingerprint density at radius 1 is 1.13 bits per heavy atom. The number of carboxylic acid groups (broad SMARTS) is 1. The number of aromatic carboxylic acids is 1. The van der Waals surface area contributed by atoms with Crippen molar-refractivity contribution >= 4 is 40.0 Å². The summed E-state index contributed by atoms with van der Waals surface area (Å²) in [5.41, 5.74) is 1.72. The van der Waals surface area contributed by atoms with E-state index in [0.717, 1.165) is 0 Å². The molecule has 1 aromatic heterocycles. The first-order valence-corrected chi connectivity index (χ1v) is 9.71. The van der Waals surface area contributed by atoms with Crippen molar-refractivity contribution in [2.24, 2.45) is 0 Å². The van der Waals surface area contributed by atoms with E-state index in [2.05, 4.69) is 0 Å². The van der Waals surface area contributed by atoms with Gasteiger partial charge in [-0.05, 0) is 30.7 Å². The number of Topliss-reactive ketones (excluding diaryl/α,β-unsaturated/α-hetero) is 2. The number of halogens is 1. The van der Waals surface area contributed by atoms with Crippen LogP contribution < -0.4 is 9.47 Å². The number of carbonyl (C=O) groups excluding carboxylic acids is 2. The van der Waals surface area contributed by atoms with E-state index in [4.69, 9.17) is 21.1 Å². The molecule has 3 aromatic rings. The fraction of sp³-hybridized carbons (Fsp3) is 0.227. The summed E-state index contributed by atoms with van der Waals surface area (Å²) >= 11 is 6.43. The summed E-state index contributed by atoms with van der Waals surface area (Å²) in [4.78, 5) is 36.8. The molecule has 1 N–H and O–H groups in total. The van der Waals surface area contributed by atoms with Crippen LogP contribution in [-0.2, 0) is 6.54 Å². The highest BCUT2D eigenvalue weighted by molar-refractivity contribution is 6.31. The number of benzene rings is 2. The summed E-state index contributed by atoms with van der Waals surface area (Å²) in [6.07, 6.45) is 0.192. The fourth-order valence-corrected chi connectivity index (χ4v) is 3.92. The van der Waals surface area contributed by atoms with Crippen molar-refractivity contribution in [3.05, 3.63) is 57.7 Å². The molecule has 30 heavy (non-hydrogen) atoms. The molecule has 0 saturated carbocycles. The second-order valence-electron chi connectivity index (χ2n) is 6.98. The molecule has 2 aromatic carbocycles. The summed E-state index contributed by atoms with van der Waals surface area (Å²) in [6, 6.07) is 7.83. The van der Waals surface area contributed by atoms with Crippen molar-refractivity contribution in [2.75, 3.05) is 6.79 Å². The average Bonchev–Trinajstić information content (AvgIpc) is 3.29. The van der Waals surface area contributed by atoms with Crippen LogP contribution in [0, 0.1) is 0 Å². The molecule has 154 valence electrons. The van der Waals surface area contributed by atoms with Crippen LogP contribution in [0.5, 0.6) is 11.5 Å². The van der Waals surface area contributed by atoms with Gasteiger partial charge in [0.25, 0.3) is 0 Å².